The second-order valence-corrected chi connectivity index (χ2v) is 15.8. The fraction of sp³-hybridized carbons (Fsp3) is 0.0556. The Kier molecular flexibility index (Phi) is 7.43. The van der Waals surface area contributed by atoms with Crippen molar-refractivity contribution in [2.24, 2.45) is 0 Å². The number of halogens is 4. The molecule has 3 rings (SSSR count). The molecule has 2 aromatic carbocycles. The summed E-state index contributed by atoms with van der Waals surface area (Å²) in [5, 5.41) is 0. The molecule has 0 fully saturated rings. The first-order valence-electron chi connectivity index (χ1n) is 6.92. The van der Waals surface area contributed by atoms with Crippen molar-refractivity contribution >= 4 is 40.4 Å². The Labute approximate surface area is 161 Å². The zero-order chi connectivity index (χ0) is 17.6. The van der Waals surface area contributed by atoms with Gasteiger partial charge in [0.05, 0.1) is 18.6 Å². The molecule has 24 heavy (non-hydrogen) atoms. The number of hydrogen-bond acceptors (Lipinski definition) is 0. The van der Waals surface area contributed by atoms with Crippen LogP contribution in [0, 0.1) is 6.92 Å². The Morgan fingerprint density at radius 3 is 1.62 bits per heavy atom. The molecule has 0 bridgehead atoms. The Balaban J connectivity index is 0.000000368. The van der Waals surface area contributed by atoms with Crippen LogP contribution in [0.3, 0.4) is 0 Å². The van der Waals surface area contributed by atoms with Gasteiger partial charge in [0, 0.05) is 11.6 Å². The standard InChI is InChI=1S/C18H15O.4ClH.Fe/c1-14-12-17(15-8-4-2-5-9-15)13-18(19-14)16-10-6-3-7-11-16;;;;;/h2-13H,1H3;4*1H;/q+1;;;;;+3/p-4. The summed E-state index contributed by atoms with van der Waals surface area (Å²) in [6.45, 7) is 1.98. The van der Waals surface area contributed by atoms with E-state index in [2.05, 4.69) is 48.5 Å². The van der Waals surface area contributed by atoms with Gasteiger partial charge in [0.25, 0.3) is 0 Å². The summed E-state index contributed by atoms with van der Waals surface area (Å²) in [6.07, 6.45) is 0. The summed E-state index contributed by atoms with van der Waals surface area (Å²) in [6, 6.07) is 24.7. The molecule has 0 radical (unpaired) electrons. The molecule has 6 heteroatoms. The molecule has 0 N–H and O–H groups in total. The van der Waals surface area contributed by atoms with Crippen molar-refractivity contribution in [1.29, 1.82) is 0 Å². The van der Waals surface area contributed by atoms with Gasteiger partial charge in [-0.25, -0.2) is 4.42 Å². The molecule has 0 aliphatic heterocycles. The van der Waals surface area contributed by atoms with Crippen molar-refractivity contribution in [2.75, 3.05) is 0 Å². The molecule has 0 atom stereocenters. The topological polar surface area (TPSA) is 11.3 Å². The molecule has 0 unspecified atom stereocenters. The number of benzene rings is 2. The van der Waals surface area contributed by atoms with Crippen LogP contribution in [-0.4, -0.2) is 0 Å². The van der Waals surface area contributed by atoms with E-state index in [1.807, 2.05) is 31.2 Å². The first-order chi connectivity index (χ1) is 11.3. The molecule has 1 heterocycles. The van der Waals surface area contributed by atoms with Gasteiger partial charge in [-0.2, -0.15) is 0 Å². The van der Waals surface area contributed by atoms with Gasteiger partial charge < -0.3 is 0 Å². The van der Waals surface area contributed by atoms with Crippen molar-refractivity contribution in [1.82, 2.24) is 0 Å². The van der Waals surface area contributed by atoms with Crippen molar-refractivity contribution in [3.05, 3.63) is 78.6 Å². The number of aryl methyl sites for hydroxylation is 1. The summed E-state index contributed by atoms with van der Waals surface area (Å²) in [5.41, 5.74) is 3.49. The SMILES string of the molecule is Cc1cc(-c2ccccc2)cc(-c2ccccc2)[o+]1.[Cl][Fe-]([Cl])([Cl])[Cl]. The molecule has 1 aromatic heterocycles. The summed E-state index contributed by atoms with van der Waals surface area (Å²) in [7, 11) is 17.2. The molecule has 129 valence electrons. The summed E-state index contributed by atoms with van der Waals surface area (Å²) in [4.78, 5) is 0. The van der Waals surface area contributed by atoms with Gasteiger partial charge in [-0.3, -0.25) is 0 Å². The number of hydrogen-bond donors (Lipinski definition) is 0. The van der Waals surface area contributed by atoms with Crippen molar-refractivity contribution in [2.45, 2.75) is 6.92 Å². The molecule has 0 saturated heterocycles. The zero-order valence-corrected chi connectivity index (χ0v) is 16.8. The molecular weight excluding hydrogens is 430 g/mol. The second-order valence-electron chi connectivity index (χ2n) is 4.86. The average molecular weight is 445 g/mol. The van der Waals surface area contributed by atoms with E-state index in [1.54, 1.807) is 0 Å². The first kappa shape index (κ1) is 19.6. The summed E-state index contributed by atoms with van der Waals surface area (Å²) >= 11 is 0. The van der Waals surface area contributed by atoms with Gasteiger partial charge in [0.15, 0.2) is 0 Å². The van der Waals surface area contributed by atoms with Crippen LogP contribution < -0.4 is 0 Å². The fourth-order valence-electron chi connectivity index (χ4n) is 2.18. The Morgan fingerprint density at radius 1 is 0.667 bits per heavy atom. The normalized spacial score (nSPS) is 11.4. The van der Waals surface area contributed by atoms with E-state index in [1.165, 1.54) is 11.1 Å². The first-order valence-corrected chi connectivity index (χ1v) is 13.0. The van der Waals surface area contributed by atoms with Crippen LogP contribution in [0.5, 0.6) is 0 Å². The second kappa shape index (κ2) is 9.10. The zero-order valence-electron chi connectivity index (χ0n) is 12.7. The van der Waals surface area contributed by atoms with E-state index < -0.39 is 9.20 Å². The third kappa shape index (κ3) is 7.02. The fourth-order valence-corrected chi connectivity index (χ4v) is 2.18. The predicted octanol–water partition coefficient (Wildman–Crippen LogP) is 7.96. The monoisotopic (exact) mass is 443 g/mol. The van der Waals surface area contributed by atoms with Crippen LogP contribution in [0.15, 0.2) is 77.2 Å². The third-order valence-corrected chi connectivity index (χ3v) is 3.08. The molecular formula is C18H15Cl4FeO. The van der Waals surface area contributed by atoms with Crippen LogP contribution in [0.25, 0.3) is 22.5 Å². The molecule has 0 aliphatic carbocycles. The molecule has 0 saturated carbocycles. The predicted molar refractivity (Wildman–Crippen MR) is 102 cm³/mol. The number of rotatable bonds is 2. The molecule has 0 spiro atoms. The third-order valence-electron chi connectivity index (χ3n) is 3.08. The van der Waals surface area contributed by atoms with E-state index >= 15 is 0 Å². The molecule has 0 aliphatic rings. The summed E-state index contributed by atoms with van der Waals surface area (Å²) in [5.74, 6) is 1.82. The van der Waals surface area contributed by atoms with Gasteiger partial charge in [-0.05, 0) is 17.7 Å². The van der Waals surface area contributed by atoms with Crippen LogP contribution in [0.2, 0.25) is 0 Å². The van der Waals surface area contributed by atoms with E-state index in [9.17, 15) is 0 Å². The van der Waals surface area contributed by atoms with E-state index in [0.717, 1.165) is 17.1 Å². The quantitative estimate of drug-likeness (QED) is 0.288. The van der Waals surface area contributed by atoms with Crippen molar-refractivity contribution in [3.8, 4) is 22.5 Å². The van der Waals surface area contributed by atoms with Crippen molar-refractivity contribution in [3.63, 3.8) is 0 Å². The maximum atomic E-state index is 5.83. The average Bonchev–Trinajstić information content (AvgIpc) is 2.54. The summed E-state index contributed by atoms with van der Waals surface area (Å²) < 4.78 is 5.83. The van der Waals surface area contributed by atoms with Crippen LogP contribution >= 0.6 is 40.4 Å². The van der Waals surface area contributed by atoms with E-state index in [-0.39, 0.29) is 0 Å². The van der Waals surface area contributed by atoms with E-state index in [4.69, 9.17) is 44.8 Å². The Hall–Kier alpha value is -0.731. The van der Waals surface area contributed by atoms with Crippen LogP contribution in [-0.2, 0) is 9.20 Å². The minimum atomic E-state index is -2.61. The van der Waals surface area contributed by atoms with Gasteiger partial charge in [0.1, 0.15) is 0 Å². The molecule has 3 aromatic rings. The Bertz CT molecular complexity index is 710. The Morgan fingerprint density at radius 2 is 1.12 bits per heavy atom. The van der Waals surface area contributed by atoms with Gasteiger partial charge >= 0.3 is 61.1 Å². The molecule has 1 nitrogen and oxygen atoms in total. The maximum absolute atomic E-state index is 5.83. The molecule has 0 amide bonds. The van der Waals surface area contributed by atoms with Crippen molar-refractivity contribution < 1.29 is 13.6 Å². The van der Waals surface area contributed by atoms with Gasteiger partial charge in [0.2, 0.25) is 0 Å². The van der Waals surface area contributed by atoms with Gasteiger partial charge in [-0.15, -0.1) is 0 Å². The van der Waals surface area contributed by atoms with Gasteiger partial charge in [-0.1, -0.05) is 48.5 Å². The van der Waals surface area contributed by atoms with Crippen LogP contribution in [0.1, 0.15) is 5.76 Å². The van der Waals surface area contributed by atoms with E-state index in [0.29, 0.717) is 0 Å². The minimum absolute atomic E-state index is 0.902. The van der Waals surface area contributed by atoms with Crippen LogP contribution in [0.4, 0.5) is 0 Å².